The second-order valence-electron chi connectivity index (χ2n) is 6.91. The maximum Gasteiger partial charge on any atom is 0.317 e. The average Bonchev–Trinajstić information content (AvgIpc) is 3.10. The van der Waals surface area contributed by atoms with Gasteiger partial charge in [-0.25, -0.2) is 9.78 Å². The maximum atomic E-state index is 12.5. The van der Waals surface area contributed by atoms with Gasteiger partial charge < -0.3 is 24.3 Å². The fraction of sp³-hybridized carbons (Fsp3) is 0.500. The molecular formula is C20H28N4O3. The van der Waals surface area contributed by atoms with Gasteiger partial charge in [-0.15, -0.1) is 0 Å². The van der Waals surface area contributed by atoms with E-state index in [0.29, 0.717) is 24.0 Å². The number of aryl methyl sites for hydroxylation is 1. The maximum absolute atomic E-state index is 12.5. The highest BCUT2D eigenvalue weighted by atomic mass is 16.5. The summed E-state index contributed by atoms with van der Waals surface area (Å²) < 4.78 is 12.7. The molecule has 0 aliphatic carbocycles. The number of urea groups is 1. The Morgan fingerprint density at radius 1 is 1.22 bits per heavy atom. The van der Waals surface area contributed by atoms with E-state index in [1.165, 1.54) is 0 Å². The number of rotatable bonds is 6. The predicted molar refractivity (Wildman–Crippen MR) is 103 cm³/mol. The van der Waals surface area contributed by atoms with Crippen molar-refractivity contribution in [2.24, 2.45) is 5.92 Å². The first kappa shape index (κ1) is 19.1. The number of hydrogen-bond acceptors (Lipinski definition) is 4. The van der Waals surface area contributed by atoms with Gasteiger partial charge in [-0.05, 0) is 43.4 Å². The van der Waals surface area contributed by atoms with Crippen LogP contribution >= 0.6 is 0 Å². The Bertz CT molecular complexity index is 766. The summed E-state index contributed by atoms with van der Waals surface area (Å²) in [4.78, 5) is 18.6. The van der Waals surface area contributed by atoms with Crippen molar-refractivity contribution in [3.8, 4) is 11.5 Å². The van der Waals surface area contributed by atoms with E-state index in [-0.39, 0.29) is 6.03 Å². The smallest absolute Gasteiger partial charge is 0.317 e. The van der Waals surface area contributed by atoms with Crippen molar-refractivity contribution < 1.29 is 14.3 Å². The summed E-state index contributed by atoms with van der Waals surface area (Å²) in [5, 5.41) is 3.00. The number of methoxy groups -OCH3 is 2. The van der Waals surface area contributed by atoms with Crippen molar-refractivity contribution in [3.05, 3.63) is 42.0 Å². The Kier molecular flexibility index (Phi) is 6.21. The van der Waals surface area contributed by atoms with E-state index in [4.69, 9.17) is 9.47 Å². The van der Waals surface area contributed by atoms with Crippen LogP contribution in [0.5, 0.6) is 11.5 Å². The first-order chi connectivity index (χ1) is 13.1. The van der Waals surface area contributed by atoms with E-state index >= 15 is 0 Å². The number of piperidine rings is 1. The van der Waals surface area contributed by atoms with E-state index in [1.54, 1.807) is 14.2 Å². The SMILES string of the molecule is COc1ccc(CNC(=O)N2CCC(Cn3ccnc3C)CC2)cc1OC. The van der Waals surface area contributed by atoms with Crippen molar-refractivity contribution >= 4 is 6.03 Å². The van der Waals surface area contributed by atoms with Crippen molar-refractivity contribution in [1.82, 2.24) is 19.8 Å². The summed E-state index contributed by atoms with van der Waals surface area (Å²) in [6, 6.07) is 5.66. The highest BCUT2D eigenvalue weighted by molar-refractivity contribution is 5.74. The number of aromatic nitrogens is 2. The summed E-state index contributed by atoms with van der Waals surface area (Å²) >= 11 is 0. The normalized spacial score (nSPS) is 14.9. The minimum absolute atomic E-state index is 0.0120. The quantitative estimate of drug-likeness (QED) is 0.847. The third-order valence-corrected chi connectivity index (χ3v) is 5.17. The van der Waals surface area contributed by atoms with Crippen LogP contribution < -0.4 is 14.8 Å². The van der Waals surface area contributed by atoms with E-state index < -0.39 is 0 Å². The van der Waals surface area contributed by atoms with Gasteiger partial charge in [0.15, 0.2) is 11.5 Å². The van der Waals surface area contributed by atoms with Crippen molar-refractivity contribution in [1.29, 1.82) is 0 Å². The van der Waals surface area contributed by atoms with Gasteiger partial charge in [0.05, 0.1) is 14.2 Å². The molecular weight excluding hydrogens is 344 g/mol. The summed E-state index contributed by atoms with van der Waals surface area (Å²) in [5.41, 5.74) is 0.978. The topological polar surface area (TPSA) is 68.6 Å². The number of ether oxygens (including phenoxy) is 2. The molecule has 1 fully saturated rings. The lowest BCUT2D eigenvalue weighted by Crippen LogP contribution is -2.44. The summed E-state index contributed by atoms with van der Waals surface area (Å²) in [6.45, 7) is 5.05. The molecule has 7 heteroatoms. The molecule has 0 atom stereocenters. The van der Waals surface area contributed by atoms with Crippen LogP contribution in [0.2, 0.25) is 0 Å². The molecule has 7 nitrogen and oxygen atoms in total. The fourth-order valence-electron chi connectivity index (χ4n) is 3.47. The lowest BCUT2D eigenvalue weighted by Gasteiger charge is -2.32. The zero-order valence-electron chi connectivity index (χ0n) is 16.3. The summed E-state index contributed by atoms with van der Waals surface area (Å²) in [7, 11) is 3.21. The third-order valence-electron chi connectivity index (χ3n) is 5.17. The van der Waals surface area contributed by atoms with Gasteiger partial charge in [-0.3, -0.25) is 0 Å². The molecule has 146 valence electrons. The van der Waals surface area contributed by atoms with E-state index in [2.05, 4.69) is 14.9 Å². The monoisotopic (exact) mass is 372 g/mol. The summed E-state index contributed by atoms with van der Waals surface area (Å²) in [6.07, 6.45) is 5.90. The molecule has 1 saturated heterocycles. The molecule has 2 aromatic rings. The van der Waals surface area contributed by atoms with Gasteiger partial charge in [0.1, 0.15) is 5.82 Å². The standard InChI is InChI=1S/C20H28N4O3/c1-15-21-8-11-24(15)14-16-6-9-23(10-7-16)20(25)22-13-17-4-5-18(26-2)19(12-17)27-3/h4-5,8,11-12,16H,6-7,9-10,13-14H2,1-3H3,(H,22,25). The zero-order valence-corrected chi connectivity index (χ0v) is 16.3. The molecule has 1 aromatic carbocycles. The van der Waals surface area contributed by atoms with E-state index in [1.807, 2.05) is 42.4 Å². The summed E-state index contributed by atoms with van der Waals surface area (Å²) in [5.74, 6) is 2.99. The Morgan fingerprint density at radius 2 is 1.96 bits per heavy atom. The highest BCUT2D eigenvalue weighted by Gasteiger charge is 2.23. The highest BCUT2D eigenvalue weighted by Crippen LogP contribution is 2.27. The number of imidazole rings is 1. The van der Waals surface area contributed by atoms with Crippen LogP contribution in [0, 0.1) is 12.8 Å². The van der Waals surface area contributed by atoms with Crippen molar-refractivity contribution in [3.63, 3.8) is 0 Å². The molecule has 27 heavy (non-hydrogen) atoms. The Hall–Kier alpha value is -2.70. The molecule has 1 N–H and O–H groups in total. The first-order valence-electron chi connectivity index (χ1n) is 9.32. The number of benzene rings is 1. The van der Waals surface area contributed by atoms with Crippen LogP contribution in [-0.4, -0.2) is 47.8 Å². The van der Waals surface area contributed by atoms with Gasteiger partial charge in [0.25, 0.3) is 0 Å². The molecule has 0 saturated carbocycles. The molecule has 1 aliphatic heterocycles. The molecule has 3 rings (SSSR count). The van der Waals surface area contributed by atoms with Crippen LogP contribution in [0.15, 0.2) is 30.6 Å². The molecule has 1 aliphatic rings. The minimum Gasteiger partial charge on any atom is -0.493 e. The fourth-order valence-corrected chi connectivity index (χ4v) is 3.47. The number of nitrogens with zero attached hydrogens (tertiary/aromatic N) is 3. The van der Waals surface area contributed by atoms with Crippen molar-refractivity contribution in [2.75, 3.05) is 27.3 Å². The average molecular weight is 372 g/mol. The van der Waals surface area contributed by atoms with Crippen LogP contribution in [0.1, 0.15) is 24.2 Å². The molecule has 2 amide bonds. The third kappa shape index (κ3) is 4.72. The lowest BCUT2D eigenvalue weighted by molar-refractivity contribution is 0.165. The van der Waals surface area contributed by atoms with Crippen LogP contribution in [-0.2, 0) is 13.1 Å². The number of carbonyl (C=O) groups excluding carboxylic acids is 1. The van der Waals surface area contributed by atoms with Gasteiger partial charge >= 0.3 is 6.03 Å². The van der Waals surface area contributed by atoms with E-state index in [0.717, 1.165) is 43.9 Å². The molecule has 0 radical (unpaired) electrons. The Morgan fingerprint density at radius 3 is 2.59 bits per heavy atom. The number of carbonyl (C=O) groups is 1. The molecule has 0 unspecified atom stereocenters. The van der Waals surface area contributed by atoms with Gasteiger partial charge in [0.2, 0.25) is 0 Å². The van der Waals surface area contributed by atoms with Gasteiger partial charge in [-0.1, -0.05) is 6.07 Å². The molecule has 2 heterocycles. The lowest BCUT2D eigenvalue weighted by atomic mass is 9.97. The number of hydrogen-bond donors (Lipinski definition) is 1. The Labute approximate surface area is 160 Å². The first-order valence-corrected chi connectivity index (χ1v) is 9.32. The minimum atomic E-state index is -0.0120. The second-order valence-corrected chi connectivity index (χ2v) is 6.91. The van der Waals surface area contributed by atoms with Crippen LogP contribution in [0.3, 0.4) is 0 Å². The largest absolute Gasteiger partial charge is 0.493 e. The Balaban J connectivity index is 1.46. The van der Waals surface area contributed by atoms with Crippen LogP contribution in [0.4, 0.5) is 4.79 Å². The van der Waals surface area contributed by atoms with Gasteiger partial charge in [-0.2, -0.15) is 0 Å². The molecule has 0 spiro atoms. The van der Waals surface area contributed by atoms with E-state index in [9.17, 15) is 4.79 Å². The number of amides is 2. The second kappa shape index (κ2) is 8.79. The number of nitrogens with one attached hydrogen (secondary N) is 1. The predicted octanol–water partition coefficient (Wildman–Crippen LogP) is 2.83. The molecule has 0 bridgehead atoms. The zero-order chi connectivity index (χ0) is 19.2. The van der Waals surface area contributed by atoms with Gasteiger partial charge in [0, 0.05) is 38.6 Å². The van der Waals surface area contributed by atoms with Crippen molar-refractivity contribution in [2.45, 2.75) is 32.9 Å². The number of likely N-dealkylation sites (tertiary alicyclic amines) is 1. The molecule has 1 aromatic heterocycles. The van der Waals surface area contributed by atoms with Crippen LogP contribution in [0.25, 0.3) is 0 Å².